The number of carbonyl (C=O) groups is 1. The van der Waals surface area contributed by atoms with Crippen LogP contribution in [0.25, 0.3) is 0 Å². The summed E-state index contributed by atoms with van der Waals surface area (Å²) < 4.78 is 0. The summed E-state index contributed by atoms with van der Waals surface area (Å²) in [6.45, 7) is 3.31. The zero-order chi connectivity index (χ0) is 14.7. The van der Waals surface area contributed by atoms with E-state index in [1.165, 1.54) is 11.8 Å². The van der Waals surface area contributed by atoms with E-state index in [1.54, 1.807) is 30.5 Å². The minimum atomic E-state index is -0.197. The van der Waals surface area contributed by atoms with Crippen molar-refractivity contribution in [2.75, 3.05) is 10.6 Å². The Labute approximate surface area is 117 Å². The fraction of sp³-hybridized carbons (Fsp3) is 0.133. The lowest BCUT2D eigenvalue weighted by molar-refractivity contribution is -0.115. The van der Waals surface area contributed by atoms with Crippen LogP contribution in [-0.4, -0.2) is 10.9 Å². The van der Waals surface area contributed by atoms with E-state index in [0.29, 0.717) is 22.8 Å². The molecule has 100 valence electrons. The molecule has 5 nitrogen and oxygen atoms in total. The summed E-state index contributed by atoms with van der Waals surface area (Å²) in [7, 11) is 0. The Morgan fingerprint density at radius 1 is 1.35 bits per heavy atom. The molecule has 0 fully saturated rings. The maximum absolute atomic E-state index is 11.9. The van der Waals surface area contributed by atoms with Crippen LogP contribution in [0.2, 0.25) is 0 Å². The first kappa shape index (κ1) is 13.6. The molecule has 1 heterocycles. The molecular weight excluding hydrogens is 252 g/mol. The van der Waals surface area contributed by atoms with E-state index in [-0.39, 0.29) is 5.91 Å². The maximum atomic E-state index is 11.9. The fourth-order valence-electron chi connectivity index (χ4n) is 1.99. The molecule has 0 aliphatic carbocycles. The van der Waals surface area contributed by atoms with Crippen LogP contribution >= 0.6 is 0 Å². The minimum Gasteiger partial charge on any atom is -0.399 e. The van der Waals surface area contributed by atoms with Crippen LogP contribution in [0, 0.1) is 18.3 Å². The Bertz CT molecular complexity index is 703. The summed E-state index contributed by atoms with van der Waals surface area (Å²) in [5.41, 5.74) is 8.25. The first-order valence-electron chi connectivity index (χ1n) is 6.05. The van der Waals surface area contributed by atoms with Crippen LogP contribution in [-0.2, 0) is 4.79 Å². The number of amides is 1. The zero-order valence-electron chi connectivity index (χ0n) is 11.3. The molecule has 20 heavy (non-hydrogen) atoms. The molecule has 0 saturated heterocycles. The first-order valence-corrected chi connectivity index (χ1v) is 6.05. The van der Waals surface area contributed by atoms with Crippen molar-refractivity contribution >= 4 is 23.1 Å². The van der Waals surface area contributed by atoms with E-state index >= 15 is 0 Å². The molecule has 0 bridgehead atoms. The molecule has 2 N–H and O–H groups in total. The van der Waals surface area contributed by atoms with Gasteiger partial charge in [-0.3, -0.25) is 9.69 Å². The van der Waals surface area contributed by atoms with Gasteiger partial charge in [0.2, 0.25) is 5.91 Å². The number of rotatable bonds is 2. The predicted molar refractivity (Wildman–Crippen MR) is 77.4 cm³/mol. The fourth-order valence-corrected chi connectivity index (χ4v) is 1.99. The van der Waals surface area contributed by atoms with Crippen LogP contribution in [0.4, 0.5) is 17.2 Å². The molecule has 0 spiro atoms. The molecule has 5 heteroatoms. The van der Waals surface area contributed by atoms with Gasteiger partial charge in [-0.05, 0) is 36.8 Å². The van der Waals surface area contributed by atoms with Gasteiger partial charge in [-0.25, -0.2) is 4.98 Å². The number of hydrogen-bond donors (Lipinski definition) is 1. The van der Waals surface area contributed by atoms with Gasteiger partial charge in [0.25, 0.3) is 0 Å². The number of carbonyl (C=O) groups excluding carboxylic acids is 1. The summed E-state index contributed by atoms with van der Waals surface area (Å²) >= 11 is 0. The Morgan fingerprint density at radius 2 is 2.10 bits per heavy atom. The average molecular weight is 266 g/mol. The van der Waals surface area contributed by atoms with Crippen molar-refractivity contribution in [3.63, 3.8) is 0 Å². The van der Waals surface area contributed by atoms with Gasteiger partial charge in [-0.2, -0.15) is 5.26 Å². The number of hydrogen-bond acceptors (Lipinski definition) is 4. The third-order valence-electron chi connectivity index (χ3n) is 2.76. The topological polar surface area (TPSA) is 83.0 Å². The van der Waals surface area contributed by atoms with Gasteiger partial charge in [0, 0.05) is 24.9 Å². The van der Waals surface area contributed by atoms with E-state index in [2.05, 4.69) is 11.1 Å². The Morgan fingerprint density at radius 3 is 2.70 bits per heavy atom. The molecule has 0 atom stereocenters. The second-order valence-electron chi connectivity index (χ2n) is 4.47. The van der Waals surface area contributed by atoms with Crippen molar-refractivity contribution in [1.82, 2.24) is 4.98 Å². The number of aryl methyl sites for hydroxylation is 1. The molecule has 0 aliphatic rings. The quantitative estimate of drug-likeness (QED) is 0.905. The molecule has 0 radical (unpaired) electrons. The van der Waals surface area contributed by atoms with Crippen LogP contribution in [0.1, 0.15) is 18.1 Å². The van der Waals surface area contributed by atoms with Gasteiger partial charge in [0.05, 0.1) is 17.3 Å². The van der Waals surface area contributed by atoms with Crippen molar-refractivity contribution in [2.45, 2.75) is 13.8 Å². The predicted octanol–water partition coefficient (Wildman–Crippen LogP) is 2.53. The van der Waals surface area contributed by atoms with Crippen molar-refractivity contribution in [2.24, 2.45) is 0 Å². The van der Waals surface area contributed by atoms with Gasteiger partial charge in [0.15, 0.2) is 0 Å². The third-order valence-corrected chi connectivity index (χ3v) is 2.76. The summed E-state index contributed by atoms with van der Waals surface area (Å²) in [5, 5.41) is 9.03. The second-order valence-corrected chi connectivity index (χ2v) is 4.47. The van der Waals surface area contributed by atoms with Crippen LogP contribution in [0.15, 0.2) is 36.5 Å². The molecule has 0 saturated carbocycles. The Kier molecular flexibility index (Phi) is 3.67. The summed E-state index contributed by atoms with van der Waals surface area (Å²) in [6.07, 6.45) is 1.54. The highest BCUT2D eigenvalue weighted by atomic mass is 16.2. The number of benzene rings is 1. The van der Waals surface area contributed by atoms with Crippen molar-refractivity contribution in [3.8, 4) is 6.07 Å². The van der Waals surface area contributed by atoms with Gasteiger partial charge in [-0.15, -0.1) is 0 Å². The number of nitrogens with zero attached hydrogens (tertiary/aromatic N) is 3. The standard InChI is InChI=1S/C15H14N4O/c1-10-5-12(9-16)7-14(6-10)19(11(2)20)15-8-13(17)3-4-18-15/h3-8H,1-2H3,(H2,17,18). The molecule has 0 unspecified atom stereocenters. The summed E-state index contributed by atoms with van der Waals surface area (Å²) in [5.74, 6) is 0.240. The second kappa shape index (κ2) is 5.41. The monoisotopic (exact) mass is 266 g/mol. The first-order chi connectivity index (χ1) is 9.51. The molecule has 1 aromatic heterocycles. The molecular formula is C15H14N4O. The molecule has 1 amide bonds. The minimum absolute atomic E-state index is 0.197. The Balaban J connectivity index is 2.58. The van der Waals surface area contributed by atoms with Gasteiger partial charge < -0.3 is 5.73 Å². The average Bonchev–Trinajstić information content (AvgIpc) is 2.37. The largest absolute Gasteiger partial charge is 0.399 e. The molecule has 2 aromatic rings. The highest BCUT2D eigenvalue weighted by Crippen LogP contribution is 2.27. The number of nitrogens with two attached hydrogens (primary N) is 1. The van der Waals surface area contributed by atoms with Crippen LogP contribution in [0.5, 0.6) is 0 Å². The molecule has 0 aliphatic heterocycles. The summed E-state index contributed by atoms with van der Waals surface area (Å²) in [6, 6.07) is 10.6. The maximum Gasteiger partial charge on any atom is 0.229 e. The van der Waals surface area contributed by atoms with E-state index in [0.717, 1.165) is 5.56 Å². The van der Waals surface area contributed by atoms with E-state index in [1.807, 2.05) is 13.0 Å². The number of nitriles is 1. The lowest BCUT2D eigenvalue weighted by Gasteiger charge is -2.21. The number of pyridine rings is 1. The molecule has 2 rings (SSSR count). The van der Waals surface area contributed by atoms with Crippen molar-refractivity contribution in [3.05, 3.63) is 47.7 Å². The Hall–Kier alpha value is -2.87. The molecule has 1 aromatic carbocycles. The highest BCUT2D eigenvalue weighted by molar-refractivity contribution is 5.98. The smallest absolute Gasteiger partial charge is 0.229 e. The SMILES string of the molecule is CC(=O)N(c1cc(C)cc(C#N)c1)c1cc(N)ccn1. The number of nitrogen functional groups attached to an aromatic ring is 1. The van der Waals surface area contributed by atoms with Crippen molar-refractivity contribution < 1.29 is 4.79 Å². The van der Waals surface area contributed by atoms with E-state index in [9.17, 15) is 4.79 Å². The normalized spacial score (nSPS) is 9.85. The van der Waals surface area contributed by atoms with Crippen molar-refractivity contribution in [1.29, 1.82) is 5.26 Å². The van der Waals surface area contributed by atoms with E-state index in [4.69, 9.17) is 11.0 Å². The lowest BCUT2D eigenvalue weighted by Crippen LogP contribution is -2.24. The van der Waals surface area contributed by atoms with Crippen LogP contribution < -0.4 is 10.6 Å². The number of anilines is 3. The van der Waals surface area contributed by atoms with Gasteiger partial charge >= 0.3 is 0 Å². The number of aromatic nitrogens is 1. The third kappa shape index (κ3) is 2.75. The highest BCUT2D eigenvalue weighted by Gasteiger charge is 2.16. The lowest BCUT2D eigenvalue weighted by atomic mass is 10.1. The summed E-state index contributed by atoms with van der Waals surface area (Å²) in [4.78, 5) is 17.5. The van der Waals surface area contributed by atoms with Gasteiger partial charge in [0.1, 0.15) is 5.82 Å². The van der Waals surface area contributed by atoms with E-state index < -0.39 is 0 Å². The zero-order valence-corrected chi connectivity index (χ0v) is 11.3. The van der Waals surface area contributed by atoms with Crippen LogP contribution in [0.3, 0.4) is 0 Å². The van der Waals surface area contributed by atoms with Gasteiger partial charge in [-0.1, -0.05) is 0 Å².